The molecule has 1 aliphatic carbocycles. The Balaban J connectivity index is 1.64. The molecule has 1 saturated carbocycles. The van der Waals surface area contributed by atoms with E-state index in [1.165, 1.54) is 18.4 Å². The molecule has 30 heavy (non-hydrogen) atoms. The summed E-state index contributed by atoms with van der Waals surface area (Å²) in [7, 11) is 0. The van der Waals surface area contributed by atoms with Crippen LogP contribution in [0.1, 0.15) is 50.2 Å². The van der Waals surface area contributed by atoms with Gasteiger partial charge in [0.25, 0.3) is 0 Å². The van der Waals surface area contributed by atoms with Gasteiger partial charge in [-0.25, -0.2) is 0 Å². The zero-order chi connectivity index (χ0) is 21.3. The highest BCUT2D eigenvalue weighted by Crippen LogP contribution is 2.21. The molecule has 0 spiro atoms. The Morgan fingerprint density at radius 2 is 1.73 bits per heavy atom. The molecule has 2 aromatic carbocycles. The smallest absolute Gasteiger partial charge is 0.242 e. The van der Waals surface area contributed by atoms with E-state index < -0.39 is 6.04 Å². The van der Waals surface area contributed by atoms with Gasteiger partial charge < -0.3 is 10.2 Å². The number of carbonyl (C=O) groups is 2. The molecule has 0 bridgehead atoms. The SMILES string of the molecule is Cc1ccc(CN(C(=O)CCSc2ccccc2)[C@@H](C)C(=O)NC2CCCC2)cc1. The number of rotatable bonds is 9. The Labute approximate surface area is 184 Å². The summed E-state index contributed by atoms with van der Waals surface area (Å²) in [5.74, 6) is 0.677. The molecule has 0 aliphatic heterocycles. The predicted octanol–water partition coefficient (Wildman–Crippen LogP) is 4.95. The summed E-state index contributed by atoms with van der Waals surface area (Å²) >= 11 is 1.67. The number of thioether (sulfide) groups is 1. The Hall–Kier alpha value is -2.27. The van der Waals surface area contributed by atoms with Crippen LogP contribution in [0.3, 0.4) is 0 Å². The van der Waals surface area contributed by atoms with E-state index in [0.717, 1.165) is 23.3 Å². The van der Waals surface area contributed by atoms with Crippen LogP contribution in [0.25, 0.3) is 0 Å². The van der Waals surface area contributed by atoms with Gasteiger partial charge in [-0.3, -0.25) is 9.59 Å². The summed E-state index contributed by atoms with van der Waals surface area (Å²) in [6.45, 7) is 4.35. The minimum Gasteiger partial charge on any atom is -0.352 e. The molecule has 3 rings (SSSR count). The van der Waals surface area contributed by atoms with Crippen LogP contribution in [-0.4, -0.2) is 34.6 Å². The van der Waals surface area contributed by atoms with E-state index in [4.69, 9.17) is 0 Å². The van der Waals surface area contributed by atoms with Gasteiger partial charge >= 0.3 is 0 Å². The minimum absolute atomic E-state index is 0.0214. The van der Waals surface area contributed by atoms with Crippen molar-refractivity contribution in [2.75, 3.05) is 5.75 Å². The topological polar surface area (TPSA) is 49.4 Å². The lowest BCUT2D eigenvalue weighted by Gasteiger charge is -2.30. The molecule has 1 fully saturated rings. The molecule has 5 heteroatoms. The van der Waals surface area contributed by atoms with Crippen molar-refractivity contribution in [3.8, 4) is 0 Å². The molecule has 4 nitrogen and oxygen atoms in total. The van der Waals surface area contributed by atoms with Crippen molar-refractivity contribution >= 4 is 23.6 Å². The predicted molar refractivity (Wildman–Crippen MR) is 123 cm³/mol. The van der Waals surface area contributed by atoms with Gasteiger partial charge in [-0.05, 0) is 44.4 Å². The lowest BCUT2D eigenvalue weighted by molar-refractivity contribution is -0.140. The summed E-state index contributed by atoms with van der Waals surface area (Å²) in [6, 6.07) is 18.0. The fourth-order valence-electron chi connectivity index (χ4n) is 3.78. The van der Waals surface area contributed by atoms with Crippen molar-refractivity contribution < 1.29 is 9.59 Å². The summed E-state index contributed by atoms with van der Waals surface area (Å²) in [5.41, 5.74) is 2.23. The Morgan fingerprint density at radius 1 is 1.07 bits per heavy atom. The maximum Gasteiger partial charge on any atom is 0.242 e. The molecular weight excluding hydrogens is 392 g/mol. The van der Waals surface area contributed by atoms with Gasteiger partial charge in [-0.15, -0.1) is 11.8 Å². The zero-order valence-corrected chi connectivity index (χ0v) is 18.8. The van der Waals surface area contributed by atoms with Crippen LogP contribution in [-0.2, 0) is 16.1 Å². The van der Waals surface area contributed by atoms with Crippen molar-refractivity contribution in [2.24, 2.45) is 0 Å². The largest absolute Gasteiger partial charge is 0.352 e. The highest BCUT2D eigenvalue weighted by atomic mass is 32.2. The Kier molecular flexibility index (Phi) is 8.38. The second kappa shape index (κ2) is 11.2. The Morgan fingerprint density at radius 3 is 2.40 bits per heavy atom. The highest BCUT2D eigenvalue weighted by Gasteiger charge is 2.28. The van der Waals surface area contributed by atoms with Gasteiger partial charge in [0.05, 0.1) is 0 Å². The number of benzene rings is 2. The Bertz CT molecular complexity index is 817. The van der Waals surface area contributed by atoms with Crippen LogP contribution in [0.2, 0.25) is 0 Å². The van der Waals surface area contributed by atoms with Gasteiger partial charge in [-0.2, -0.15) is 0 Å². The van der Waals surface area contributed by atoms with E-state index in [2.05, 4.69) is 17.4 Å². The van der Waals surface area contributed by atoms with E-state index in [-0.39, 0.29) is 17.9 Å². The molecule has 2 amide bonds. The highest BCUT2D eigenvalue weighted by molar-refractivity contribution is 7.99. The van der Waals surface area contributed by atoms with Crippen LogP contribution in [0.4, 0.5) is 0 Å². The number of hydrogen-bond donors (Lipinski definition) is 1. The molecule has 0 aromatic heterocycles. The lowest BCUT2D eigenvalue weighted by atomic mass is 10.1. The lowest BCUT2D eigenvalue weighted by Crippen LogP contribution is -2.49. The van der Waals surface area contributed by atoms with E-state index >= 15 is 0 Å². The van der Waals surface area contributed by atoms with Crippen LogP contribution in [0, 0.1) is 6.92 Å². The number of nitrogens with one attached hydrogen (secondary N) is 1. The number of hydrogen-bond acceptors (Lipinski definition) is 3. The third-order valence-corrected chi connectivity index (χ3v) is 6.68. The molecule has 0 saturated heterocycles. The maximum atomic E-state index is 13.1. The first-order valence-electron chi connectivity index (χ1n) is 10.9. The van der Waals surface area contributed by atoms with Gasteiger partial charge in [0.1, 0.15) is 6.04 Å². The summed E-state index contributed by atoms with van der Waals surface area (Å²) in [6.07, 6.45) is 4.83. The zero-order valence-electron chi connectivity index (χ0n) is 18.0. The van der Waals surface area contributed by atoms with Gasteiger partial charge in [0, 0.05) is 29.7 Å². The summed E-state index contributed by atoms with van der Waals surface area (Å²) in [5, 5.41) is 3.15. The van der Waals surface area contributed by atoms with Crippen LogP contribution in [0.5, 0.6) is 0 Å². The van der Waals surface area contributed by atoms with Crippen molar-refractivity contribution in [3.05, 3.63) is 65.7 Å². The van der Waals surface area contributed by atoms with Gasteiger partial charge in [0.15, 0.2) is 0 Å². The summed E-state index contributed by atoms with van der Waals surface area (Å²) < 4.78 is 0. The number of amides is 2. The average molecular weight is 425 g/mol. The molecule has 160 valence electrons. The van der Waals surface area contributed by atoms with E-state index in [1.54, 1.807) is 16.7 Å². The monoisotopic (exact) mass is 424 g/mol. The fraction of sp³-hybridized carbons (Fsp3) is 0.440. The van der Waals surface area contributed by atoms with Crippen LogP contribution >= 0.6 is 11.8 Å². The third-order valence-electron chi connectivity index (χ3n) is 5.67. The van der Waals surface area contributed by atoms with Crippen molar-refractivity contribution in [3.63, 3.8) is 0 Å². The molecule has 0 unspecified atom stereocenters. The first-order chi connectivity index (χ1) is 14.5. The van der Waals surface area contributed by atoms with Crippen molar-refractivity contribution in [1.82, 2.24) is 10.2 Å². The maximum absolute atomic E-state index is 13.1. The summed E-state index contributed by atoms with van der Waals surface area (Å²) in [4.78, 5) is 28.9. The van der Waals surface area contributed by atoms with E-state index in [1.807, 2.05) is 56.3 Å². The van der Waals surface area contributed by atoms with E-state index in [0.29, 0.717) is 18.7 Å². The number of carbonyl (C=O) groups excluding carboxylic acids is 2. The minimum atomic E-state index is -0.485. The molecular formula is C25H32N2O2S. The van der Waals surface area contributed by atoms with E-state index in [9.17, 15) is 9.59 Å². The molecule has 0 radical (unpaired) electrons. The van der Waals surface area contributed by atoms with Gasteiger partial charge in [0.2, 0.25) is 11.8 Å². The molecule has 0 heterocycles. The molecule has 1 aliphatic rings. The van der Waals surface area contributed by atoms with Crippen molar-refractivity contribution in [1.29, 1.82) is 0 Å². The number of nitrogens with zero attached hydrogens (tertiary/aromatic N) is 1. The van der Waals surface area contributed by atoms with Crippen LogP contribution in [0.15, 0.2) is 59.5 Å². The van der Waals surface area contributed by atoms with Crippen molar-refractivity contribution in [2.45, 2.75) is 69.5 Å². The molecule has 1 atom stereocenters. The quantitative estimate of drug-likeness (QED) is 0.579. The third kappa shape index (κ3) is 6.63. The fourth-order valence-corrected chi connectivity index (χ4v) is 4.64. The standard InChI is InChI=1S/C25H32N2O2S/c1-19-12-14-21(15-13-19)18-27(20(2)25(29)26-22-8-6-7-9-22)24(28)16-17-30-23-10-4-3-5-11-23/h3-5,10-15,20,22H,6-9,16-18H2,1-2H3,(H,26,29)/t20-/m0/s1. The first kappa shape index (κ1) is 22.4. The molecule has 2 aromatic rings. The second-order valence-electron chi connectivity index (χ2n) is 8.08. The second-order valence-corrected chi connectivity index (χ2v) is 9.25. The first-order valence-corrected chi connectivity index (χ1v) is 11.8. The molecule has 1 N–H and O–H groups in total. The van der Waals surface area contributed by atoms with Crippen LogP contribution < -0.4 is 5.32 Å². The normalized spacial score (nSPS) is 15.0. The average Bonchev–Trinajstić information content (AvgIpc) is 3.26. The number of aryl methyl sites for hydroxylation is 1. The van der Waals surface area contributed by atoms with Gasteiger partial charge in [-0.1, -0.05) is 60.9 Å².